The monoisotopic (exact) mass is 290 g/mol. The molecule has 0 saturated heterocycles. The van der Waals surface area contributed by atoms with Crippen LogP contribution in [0.4, 0.5) is 5.69 Å². The zero-order valence-electron chi connectivity index (χ0n) is 13.6. The Morgan fingerprint density at radius 2 is 2.10 bits per heavy atom. The van der Waals surface area contributed by atoms with Gasteiger partial charge in [0.15, 0.2) is 0 Å². The minimum Gasteiger partial charge on any atom is -0.394 e. The van der Waals surface area contributed by atoms with E-state index in [0.29, 0.717) is 0 Å². The molecule has 0 amide bonds. The molecule has 0 aliphatic carbocycles. The SMILES string of the molecule is CCNC(C)(CO)CCCCN1CCCc2ccccc21. The number of aliphatic hydroxyl groups excluding tert-OH is 1. The van der Waals surface area contributed by atoms with Gasteiger partial charge in [-0.3, -0.25) is 0 Å². The minimum absolute atomic E-state index is 0.117. The van der Waals surface area contributed by atoms with Crippen molar-refractivity contribution in [1.29, 1.82) is 0 Å². The van der Waals surface area contributed by atoms with Crippen LogP contribution in [0, 0.1) is 0 Å². The number of likely N-dealkylation sites (N-methyl/N-ethyl adjacent to an activating group) is 1. The van der Waals surface area contributed by atoms with E-state index in [-0.39, 0.29) is 12.1 Å². The Morgan fingerprint density at radius 1 is 1.29 bits per heavy atom. The van der Waals surface area contributed by atoms with Crippen LogP contribution in [0.3, 0.4) is 0 Å². The number of rotatable bonds is 8. The second-order valence-electron chi connectivity index (χ2n) is 6.43. The van der Waals surface area contributed by atoms with Gasteiger partial charge in [-0.05, 0) is 57.2 Å². The molecule has 0 bridgehead atoms. The second kappa shape index (κ2) is 7.81. The molecule has 0 fully saturated rings. The maximum Gasteiger partial charge on any atom is 0.0610 e. The quantitative estimate of drug-likeness (QED) is 0.723. The topological polar surface area (TPSA) is 35.5 Å². The molecule has 0 spiro atoms. The van der Waals surface area contributed by atoms with Gasteiger partial charge in [-0.15, -0.1) is 0 Å². The van der Waals surface area contributed by atoms with E-state index >= 15 is 0 Å². The molecule has 2 rings (SSSR count). The summed E-state index contributed by atoms with van der Waals surface area (Å²) < 4.78 is 0. The fourth-order valence-corrected chi connectivity index (χ4v) is 3.31. The van der Waals surface area contributed by atoms with Crippen molar-refractivity contribution in [1.82, 2.24) is 5.32 Å². The first-order valence-electron chi connectivity index (χ1n) is 8.37. The molecule has 0 aromatic heterocycles. The fourth-order valence-electron chi connectivity index (χ4n) is 3.31. The number of nitrogens with one attached hydrogen (secondary N) is 1. The summed E-state index contributed by atoms with van der Waals surface area (Å²) in [7, 11) is 0. The van der Waals surface area contributed by atoms with E-state index in [1.165, 1.54) is 37.1 Å². The number of para-hydroxylation sites is 1. The number of nitrogens with zero attached hydrogens (tertiary/aromatic N) is 1. The lowest BCUT2D eigenvalue weighted by Crippen LogP contribution is -2.45. The number of unbranched alkanes of at least 4 members (excludes halogenated alkanes) is 1. The van der Waals surface area contributed by atoms with Crippen LogP contribution in [0.15, 0.2) is 24.3 Å². The summed E-state index contributed by atoms with van der Waals surface area (Å²) in [6.07, 6.45) is 5.86. The molecule has 2 N–H and O–H groups in total. The van der Waals surface area contributed by atoms with Gasteiger partial charge in [-0.25, -0.2) is 0 Å². The van der Waals surface area contributed by atoms with E-state index < -0.39 is 0 Å². The highest BCUT2D eigenvalue weighted by Crippen LogP contribution is 2.27. The Labute approximate surface area is 129 Å². The molecule has 21 heavy (non-hydrogen) atoms. The Balaban J connectivity index is 1.80. The smallest absolute Gasteiger partial charge is 0.0610 e. The van der Waals surface area contributed by atoms with Crippen molar-refractivity contribution in [3.8, 4) is 0 Å². The van der Waals surface area contributed by atoms with Crippen LogP contribution in [0.5, 0.6) is 0 Å². The lowest BCUT2D eigenvalue weighted by molar-refractivity contribution is 0.165. The van der Waals surface area contributed by atoms with Crippen molar-refractivity contribution in [2.75, 3.05) is 31.1 Å². The van der Waals surface area contributed by atoms with E-state index in [4.69, 9.17) is 0 Å². The van der Waals surface area contributed by atoms with E-state index in [1.54, 1.807) is 0 Å². The van der Waals surface area contributed by atoms with Gasteiger partial charge in [0.05, 0.1) is 6.61 Å². The number of hydrogen-bond acceptors (Lipinski definition) is 3. The number of aryl methyl sites for hydroxylation is 1. The molecule has 118 valence electrons. The predicted molar refractivity (Wildman–Crippen MR) is 90.0 cm³/mol. The maximum atomic E-state index is 9.52. The van der Waals surface area contributed by atoms with Crippen LogP contribution in [0.1, 0.15) is 45.1 Å². The van der Waals surface area contributed by atoms with Crippen molar-refractivity contribution < 1.29 is 5.11 Å². The van der Waals surface area contributed by atoms with Gasteiger partial charge in [0.1, 0.15) is 0 Å². The molecule has 0 saturated carbocycles. The first-order valence-corrected chi connectivity index (χ1v) is 8.37. The van der Waals surface area contributed by atoms with Crippen molar-refractivity contribution in [3.05, 3.63) is 29.8 Å². The van der Waals surface area contributed by atoms with Crippen molar-refractivity contribution in [2.24, 2.45) is 0 Å². The van der Waals surface area contributed by atoms with Crippen LogP contribution >= 0.6 is 0 Å². The van der Waals surface area contributed by atoms with E-state index in [0.717, 1.165) is 25.9 Å². The van der Waals surface area contributed by atoms with Crippen molar-refractivity contribution in [2.45, 2.75) is 51.5 Å². The van der Waals surface area contributed by atoms with Crippen LogP contribution < -0.4 is 10.2 Å². The first kappa shape index (κ1) is 16.3. The van der Waals surface area contributed by atoms with E-state index in [9.17, 15) is 5.11 Å². The van der Waals surface area contributed by atoms with Gasteiger partial charge < -0.3 is 15.3 Å². The Hall–Kier alpha value is -1.06. The summed E-state index contributed by atoms with van der Waals surface area (Å²) in [5.41, 5.74) is 2.81. The van der Waals surface area contributed by atoms with Gasteiger partial charge >= 0.3 is 0 Å². The summed E-state index contributed by atoms with van der Waals surface area (Å²) in [5.74, 6) is 0. The second-order valence-corrected chi connectivity index (χ2v) is 6.43. The van der Waals surface area contributed by atoms with Gasteiger partial charge in [0.2, 0.25) is 0 Å². The van der Waals surface area contributed by atoms with E-state index in [1.807, 2.05) is 0 Å². The Morgan fingerprint density at radius 3 is 2.86 bits per heavy atom. The number of fused-ring (bicyclic) bond motifs is 1. The van der Waals surface area contributed by atoms with Crippen LogP contribution in [-0.2, 0) is 6.42 Å². The third-order valence-electron chi connectivity index (χ3n) is 4.57. The molecule has 1 aliphatic rings. The third kappa shape index (κ3) is 4.45. The van der Waals surface area contributed by atoms with Crippen LogP contribution in [0.2, 0.25) is 0 Å². The minimum atomic E-state index is -0.117. The number of anilines is 1. The highest BCUT2D eigenvalue weighted by molar-refractivity contribution is 5.55. The molecule has 0 radical (unpaired) electrons. The average molecular weight is 290 g/mol. The Kier molecular flexibility index (Phi) is 6.07. The molecular formula is C18H30N2O. The van der Waals surface area contributed by atoms with Crippen molar-refractivity contribution in [3.63, 3.8) is 0 Å². The molecule has 1 aromatic carbocycles. The van der Waals surface area contributed by atoms with Crippen molar-refractivity contribution >= 4 is 5.69 Å². The molecule has 3 heteroatoms. The molecule has 1 aliphatic heterocycles. The van der Waals surface area contributed by atoms with E-state index in [2.05, 4.69) is 48.3 Å². The predicted octanol–water partition coefficient (Wildman–Crippen LogP) is 2.97. The number of aliphatic hydroxyl groups is 1. The first-order chi connectivity index (χ1) is 10.2. The molecule has 1 atom stereocenters. The summed E-state index contributed by atoms with van der Waals surface area (Å²) in [4.78, 5) is 2.53. The lowest BCUT2D eigenvalue weighted by Gasteiger charge is -2.32. The summed E-state index contributed by atoms with van der Waals surface area (Å²) in [5, 5.41) is 12.9. The normalized spacial score (nSPS) is 17.4. The molecule has 1 aromatic rings. The standard InChI is InChI=1S/C18H30N2O/c1-3-19-18(2,15-21)12-6-7-13-20-14-8-10-16-9-4-5-11-17(16)20/h4-5,9,11,19,21H,3,6-8,10,12-15H2,1-2H3. The van der Waals surface area contributed by atoms with Crippen LogP contribution in [-0.4, -0.2) is 36.9 Å². The number of benzene rings is 1. The Bertz CT molecular complexity index is 435. The molecular weight excluding hydrogens is 260 g/mol. The molecule has 3 nitrogen and oxygen atoms in total. The average Bonchev–Trinajstić information content (AvgIpc) is 2.52. The van der Waals surface area contributed by atoms with Gasteiger partial charge in [-0.2, -0.15) is 0 Å². The van der Waals surface area contributed by atoms with Gasteiger partial charge in [0.25, 0.3) is 0 Å². The zero-order valence-corrected chi connectivity index (χ0v) is 13.6. The summed E-state index contributed by atoms with van der Waals surface area (Å²) in [6.45, 7) is 7.65. The third-order valence-corrected chi connectivity index (χ3v) is 4.57. The van der Waals surface area contributed by atoms with Crippen LogP contribution in [0.25, 0.3) is 0 Å². The highest BCUT2D eigenvalue weighted by Gasteiger charge is 2.21. The van der Waals surface area contributed by atoms with Gasteiger partial charge in [-0.1, -0.05) is 25.1 Å². The number of hydrogen-bond donors (Lipinski definition) is 2. The summed E-state index contributed by atoms with van der Waals surface area (Å²) >= 11 is 0. The largest absolute Gasteiger partial charge is 0.394 e. The fraction of sp³-hybridized carbons (Fsp3) is 0.667. The van der Waals surface area contributed by atoms with Gasteiger partial charge in [0, 0.05) is 24.3 Å². The molecule has 1 heterocycles. The summed E-state index contributed by atoms with van der Waals surface area (Å²) in [6, 6.07) is 8.80. The maximum absolute atomic E-state index is 9.52. The molecule has 1 unspecified atom stereocenters. The highest BCUT2D eigenvalue weighted by atomic mass is 16.3. The zero-order chi connectivity index (χ0) is 15.1. The lowest BCUT2D eigenvalue weighted by atomic mass is 9.95.